The molecule has 6 nitrogen and oxygen atoms in total. The summed E-state index contributed by atoms with van der Waals surface area (Å²) in [6.45, 7) is 1.28. The zero-order chi connectivity index (χ0) is 15.1. The number of rotatable bonds is 6. The number of amides is 1. The van der Waals surface area contributed by atoms with Crippen molar-refractivity contribution >= 4 is 22.2 Å². The van der Waals surface area contributed by atoms with Gasteiger partial charge in [-0.15, -0.1) is 0 Å². The van der Waals surface area contributed by atoms with E-state index >= 15 is 0 Å². The summed E-state index contributed by atoms with van der Waals surface area (Å²) in [5.41, 5.74) is 0. The predicted molar refractivity (Wildman–Crippen MR) is 82.8 cm³/mol. The summed E-state index contributed by atoms with van der Waals surface area (Å²) in [6.07, 6.45) is 7.64. The fourth-order valence-electron chi connectivity index (χ4n) is 2.57. The molecule has 1 fully saturated rings. The van der Waals surface area contributed by atoms with Crippen molar-refractivity contribution in [2.45, 2.75) is 44.6 Å². The van der Waals surface area contributed by atoms with Gasteiger partial charge in [0.15, 0.2) is 0 Å². The molecular formula is C14H21N3O3S. The van der Waals surface area contributed by atoms with E-state index in [1.54, 1.807) is 0 Å². The first kappa shape index (κ1) is 15.9. The van der Waals surface area contributed by atoms with E-state index in [9.17, 15) is 14.9 Å². The first-order valence-corrected chi connectivity index (χ1v) is 8.24. The molecule has 0 atom stereocenters. The van der Waals surface area contributed by atoms with Crippen molar-refractivity contribution < 1.29 is 9.72 Å². The van der Waals surface area contributed by atoms with E-state index in [0.717, 1.165) is 17.9 Å². The molecule has 1 heterocycles. The first-order valence-electron chi connectivity index (χ1n) is 7.42. The number of nitro groups is 1. The Kier molecular flexibility index (Phi) is 6.13. The summed E-state index contributed by atoms with van der Waals surface area (Å²) >= 11 is 0.906. The Morgan fingerprint density at radius 2 is 1.95 bits per heavy atom. The van der Waals surface area contributed by atoms with Gasteiger partial charge in [-0.1, -0.05) is 37.0 Å². The minimum atomic E-state index is -0.477. The van der Waals surface area contributed by atoms with E-state index in [0.29, 0.717) is 17.5 Å². The maximum atomic E-state index is 11.8. The van der Waals surface area contributed by atoms with Crippen LogP contribution in [0.15, 0.2) is 12.1 Å². The smallest absolute Gasteiger partial charge is 0.324 e. The molecule has 0 bridgehead atoms. The molecule has 1 aromatic rings. The van der Waals surface area contributed by atoms with Crippen LogP contribution in [0.1, 0.15) is 48.2 Å². The molecule has 7 heteroatoms. The summed E-state index contributed by atoms with van der Waals surface area (Å²) in [4.78, 5) is 22.3. The topological polar surface area (TPSA) is 84.3 Å². The number of carbonyl (C=O) groups is 1. The lowest BCUT2D eigenvalue weighted by Gasteiger charge is -2.16. The molecule has 0 unspecified atom stereocenters. The van der Waals surface area contributed by atoms with Crippen LogP contribution in [-0.2, 0) is 0 Å². The highest BCUT2D eigenvalue weighted by Gasteiger charge is 2.15. The normalized spacial score (nSPS) is 16.4. The van der Waals surface area contributed by atoms with Gasteiger partial charge in [-0.05, 0) is 18.9 Å². The minimum Gasteiger partial charge on any atom is -0.350 e. The molecule has 0 aromatic carbocycles. The van der Waals surface area contributed by atoms with Gasteiger partial charge < -0.3 is 10.6 Å². The predicted octanol–water partition coefficient (Wildman–Crippen LogP) is 2.70. The van der Waals surface area contributed by atoms with Gasteiger partial charge in [-0.2, -0.15) is 0 Å². The fraction of sp³-hybridized carbons (Fsp3) is 0.643. The summed E-state index contributed by atoms with van der Waals surface area (Å²) in [5, 5.41) is 16.8. The molecule has 1 amide bonds. The van der Waals surface area contributed by atoms with E-state index in [1.165, 1.54) is 50.7 Å². The minimum absolute atomic E-state index is 0.00303. The lowest BCUT2D eigenvalue weighted by atomic mass is 10.1. The first-order chi connectivity index (χ1) is 10.2. The van der Waals surface area contributed by atoms with Gasteiger partial charge in [0.05, 0.1) is 9.80 Å². The van der Waals surface area contributed by atoms with Gasteiger partial charge in [0.2, 0.25) is 0 Å². The lowest BCUT2D eigenvalue weighted by molar-refractivity contribution is -0.380. The molecule has 116 valence electrons. The molecule has 21 heavy (non-hydrogen) atoms. The summed E-state index contributed by atoms with van der Waals surface area (Å²) in [5.74, 6) is -0.240. The van der Waals surface area contributed by atoms with Crippen LogP contribution < -0.4 is 10.6 Å². The van der Waals surface area contributed by atoms with Crippen LogP contribution in [-0.4, -0.2) is 30.0 Å². The van der Waals surface area contributed by atoms with E-state index in [-0.39, 0.29) is 10.9 Å². The molecule has 1 aromatic heterocycles. The van der Waals surface area contributed by atoms with Crippen LogP contribution in [0.3, 0.4) is 0 Å². The summed E-state index contributed by atoms with van der Waals surface area (Å²) in [7, 11) is 0. The molecule has 0 saturated heterocycles. The Morgan fingerprint density at radius 3 is 2.57 bits per heavy atom. The molecule has 0 aliphatic heterocycles. The van der Waals surface area contributed by atoms with Crippen molar-refractivity contribution in [3.63, 3.8) is 0 Å². The van der Waals surface area contributed by atoms with Crippen LogP contribution in [0.25, 0.3) is 0 Å². The van der Waals surface area contributed by atoms with E-state index < -0.39 is 4.92 Å². The average molecular weight is 311 g/mol. The van der Waals surface area contributed by atoms with Gasteiger partial charge >= 0.3 is 5.00 Å². The van der Waals surface area contributed by atoms with Gasteiger partial charge in [0.1, 0.15) is 0 Å². The SMILES string of the molecule is O=C(NCCNC1CCCCCC1)c1ccc([N+](=O)[O-])s1. The highest BCUT2D eigenvalue weighted by Crippen LogP contribution is 2.23. The second-order valence-electron chi connectivity index (χ2n) is 5.29. The summed E-state index contributed by atoms with van der Waals surface area (Å²) in [6, 6.07) is 3.42. The van der Waals surface area contributed by atoms with Gasteiger partial charge in [-0.3, -0.25) is 14.9 Å². The number of hydrogen-bond acceptors (Lipinski definition) is 5. The van der Waals surface area contributed by atoms with Crippen molar-refractivity contribution in [1.29, 1.82) is 0 Å². The largest absolute Gasteiger partial charge is 0.350 e. The Labute approximate surface area is 128 Å². The molecule has 0 radical (unpaired) electrons. The molecular weight excluding hydrogens is 290 g/mol. The lowest BCUT2D eigenvalue weighted by Crippen LogP contribution is -2.36. The van der Waals surface area contributed by atoms with Crippen LogP contribution >= 0.6 is 11.3 Å². The Morgan fingerprint density at radius 1 is 1.24 bits per heavy atom. The van der Waals surface area contributed by atoms with Gasteiger partial charge in [0.25, 0.3) is 5.91 Å². The van der Waals surface area contributed by atoms with E-state index in [2.05, 4.69) is 10.6 Å². The fourth-order valence-corrected chi connectivity index (χ4v) is 3.31. The molecule has 1 aliphatic carbocycles. The van der Waals surface area contributed by atoms with Crippen molar-refractivity contribution in [2.75, 3.05) is 13.1 Å². The second kappa shape index (κ2) is 8.09. The zero-order valence-electron chi connectivity index (χ0n) is 12.0. The monoisotopic (exact) mass is 311 g/mol. The number of thiophene rings is 1. The molecule has 1 saturated carbocycles. The standard InChI is InChI=1S/C14H21N3O3S/c18-14(12-7-8-13(21-12)17(19)20)16-10-9-15-11-5-3-1-2-4-6-11/h7-8,11,15H,1-6,9-10H2,(H,16,18). The highest BCUT2D eigenvalue weighted by molar-refractivity contribution is 7.17. The van der Waals surface area contributed by atoms with E-state index in [1.807, 2.05) is 0 Å². The molecule has 1 aliphatic rings. The third kappa shape index (κ3) is 5.09. The summed E-state index contributed by atoms with van der Waals surface area (Å²) < 4.78 is 0. The van der Waals surface area contributed by atoms with Gasteiger partial charge in [0, 0.05) is 25.2 Å². The van der Waals surface area contributed by atoms with Crippen LogP contribution in [0.4, 0.5) is 5.00 Å². The van der Waals surface area contributed by atoms with Gasteiger partial charge in [-0.25, -0.2) is 0 Å². The third-order valence-corrected chi connectivity index (χ3v) is 4.73. The van der Waals surface area contributed by atoms with Crippen LogP contribution in [0, 0.1) is 10.1 Å². The Bertz CT molecular complexity index is 482. The zero-order valence-corrected chi connectivity index (χ0v) is 12.8. The number of carbonyl (C=O) groups excluding carboxylic acids is 1. The number of hydrogen-bond donors (Lipinski definition) is 2. The average Bonchev–Trinajstić information content (AvgIpc) is 2.82. The highest BCUT2D eigenvalue weighted by atomic mass is 32.1. The quantitative estimate of drug-likeness (QED) is 0.366. The number of nitrogens with zero attached hydrogens (tertiary/aromatic N) is 1. The van der Waals surface area contributed by atoms with Crippen LogP contribution in [0.2, 0.25) is 0 Å². The van der Waals surface area contributed by atoms with Crippen molar-refractivity contribution in [2.24, 2.45) is 0 Å². The van der Waals surface area contributed by atoms with Crippen LogP contribution in [0.5, 0.6) is 0 Å². The van der Waals surface area contributed by atoms with E-state index in [4.69, 9.17) is 0 Å². The maximum absolute atomic E-state index is 11.8. The third-order valence-electron chi connectivity index (χ3n) is 3.69. The van der Waals surface area contributed by atoms with Crippen molar-refractivity contribution in [1.82, 2.24) is 10.6 Å². The second-order valence-corrected chi connectivity index (χ2v) is 6.36. The number of nitrogens with one attached hydrogen (secondary N) is 2. The molecule has 2 N–H and O–H groups in total. The Balaban J connectivity index is 1.67. The van der Waals surface area contributed by atoms with Crippen molar-refractivity contribution in [3.8, 4) is 0 Å². The molecule has 0 spiro atoms. The van der Waals surface area contributed by atoms with Crippen molar-refractivity contribution in [3.05, 3.63) is 27.1 Å². The Hall–Kier alpha value is -1.47. The maximum Gasteiger partial charge on any atom is 0.324 e. The molecule has 2 rings (SSSR count).